The Kier molecular flexibility index (Phi) is 3.40. The van der Waals surface area contributed by atoms with Crippen LogP contribution in [0.4, 0.5) is 0 Å². The fourth-order valence-corrected chi connectivity index (χ4v) is 2.26. The van der Waals surface area contributed by atoms with E-state index in [1.54, 1.807) is 0 Å². The quantitative estimate of drug-likeness (QED) is 0.878. The second-order valence-electron chi connectivity index (χ2n) is 6.23. The highest BCUT2D eigenvalue weighted by molar-refractivity contribution is 6.07. The molecule has 0 saturated carbocycles. The lowest BCUT2D eigenvalue weighted by Gasteiger charge is -2.22. The first-order valence-electron chi connectivity index (χ1n) is 6.72. The Balaban J connectivity index is 2.60. The third-order valence-electron chi connectivity index (χ3n) is 3.10. The molecule has 1 amide bonds. The SMILES string of the molecule is CC(C)NC(=O)c1cn(C(C)(C)C)c2ccccc12. The van der Waals surface area contributed by atoms with Crippen LogP contribution in [-0.2, 0) is 5.54 Å². The van der Waals surface area contributed by atoms with E-state index in [-0.39, 0.29) is 17.5 Å². The minimum absolute atomic E-state index is 0.00537. The van der Waals surface area contributed by atoms with Crippen molar-refractivity contribution in [1.82, 2.24) is 9.88 Å². The van der Waals surface area contributed by atoms with Crippen LogP contribution in [0.15, 0.2) is 30.5 Å². The molecule has 19 heavy (non-hydrogen) atoms. The molecule has 0 unspecified atom stereocenters. The topological polar surface area (TPSA) is 34.0 Å². The number of nitrogens with zero attached hydrogens (tertiary/aromatic N) is 1. The Morgan fingerprint density at radius 1 is 1.21 bits per heavy atom. The maximum Gasteiger partial charge on any atom is 0.253 e. The highest BCUT2D eigenvalue weighted by atomic mass is 16.1. The molecule has 1 aromatic heterocycles. The molecule has 0 aliphatic rings. The molecule has 0 aliphatic heterocycles. The maximum absolute atomic E-state index is 12.3. The Labute approximate surface area is 114 Å². The van der Waals surface area contributed by atoms with Crippen molar-refractivity contribution < 1.29 is 4.79 Å². The largest absolute Gasteiger partial charge is 0.350 e. The van der Waals surface area contributed by atoms with Crippen molar-refractivity contribution in [3.8, 4) is 0 Å². The first-order chi connectivity index (χ1) is 8.80. The summed E-state index contributed by atoms with van der Waals surface area (Å²) in [5.41, 5.74) is 1.80. The molecule has 1 N–H and O–H groups in total. The summed E-state index contributed by atoms with van der Waals surface area (Å²) in [5.74, 6) is -0.00537. The molecular weight excluding hydrogens is 236 g/mol. The number of hydrogen-bond donors (Lipinski definition) is 1. The predicted octanol–water partition coefficient (Wildman–Crippen LogP) is 3.53. The van der Waals surface area contributed by atoms with Crippen LogP contribution >= 0.6 is 0 Å². The summed E-state index contributed by atoms with van der Waals surface area (Å²) in [5, 5.41) is 3.97. The number of amides is 1. The van der Waals surface area contributed by atoms with Crippen molar-refractivity contribution >= 4 is 16.8 Å². The average molecular weight is 258 g/mol. The van der Waals surface area contributed by atoms with Gasteiger partial charge < -0.3 is 9.88 Å². The third-order valence-corrected chi connectivity index (χ3v) is 3.10. The zero-order valence-corrected chi connectivity index (χ0v) is 12.3. The molecule has 0 spiro atoms. The Hall–Kier alpha value is -1.77. The molecular formula is C16H22N2O. The monoisotopic (exact) mass is 258 g/mol. The summed E-state index contributed by atoms with van der Waals surface area (Å²) in [7, 11) is 0. The molecule has 3 nitrogen and oxygen atoms in total. The zero-order chi connectivity index (χ0) is 14.2. The van der Waals surface area contributed by atoms with Gasteiger partial charge in [-0.1, -0.05) is 18.2 Å². The van der Waals surface area contributed by atoms with E-state index in [2.05, 4.69) is 36.7 Å². The van der Waals surface area contributed by atoms with Gasteiger partial charge in [-0.15, -0.1) is 0 Å². The second-order valence-corrected chi connectivity index (χ2v) is 6.23. The molecule has 1 aromatic carbocycles. The number of para-hydroxylation sites is 1. The molecule has 0 atom stereocenters. The molecule has 0 aliphatic carbocycles. The smallest absolute Gasteiger partial charge is 0.253 e. The van der Waals surface area contributed by atoms with Crippen molar-refractivity contribution in [1.29, 1.82) is 0 Å². The number of carbonyl (C=O) groups is 1. The van der Waals surface area contributed by atoms with Gasteiger partial charge >= 0.3 is 0 Å². The van der Waals surface area contributed by atoms with Crippen molar-refractivity contribution in [2.45, 2.75) is 46.2 Å². The highest BCUT2D eigenvalue weighted by Crippen LogP contribution is 2.27. The highest BCUT2D eigenvalue weighted by Gasteiger charge is 2.21. The van der Waals surface area contributed by atoms with Gasteiger partial charge in [-0.2, -0.15) is 0 Å². The van der Waals surface area contributed by atoms with Crippen LogP contribution in [0.3, 0.4) is 0 Å². The van der Waals surface area contributed by atoms with Gasteiger partial charge in [-0.25, -0.2) is 0 Å². The van der Waals surface area contributed by atoms with Crippen molar-refractivity contribution in [2.24, 2.45) is 0 Å². The van der Waals surface area contributed by atoms with E-state index in [0.717, 1.165) is 16.5 Å². The molecule has 1 heterocycles. The van der Waals surface area contributed by atoms with Crippen molar-refractivity contribution in [3.05, 3.63) is 36.0 Å². The second kappa shape index (κ2) is 4.72. The molecule has 0 saturated heterocycles. The summed E-state index contributed by atoms with van der Waals surface area (Å²) >= 11 is 0. The number of hydrogen-bond acceptors (Lipinski definition) is 1. The number of fused-ring (bicyclic) bond motifs is 1. The number of carbonyl (C=O) groups excluding carboxylic acids is 1. The fourth-order valence-electron chi connectivity index (χ4n) is 2.26. The number of rotatable bonds is 2. The standard InChI is InChI=1S/C16H22N2O/c1-11(2)17-15(19)13-10-18(16(3,4)5)14-9-7-6-8-12(13)14/h6-11H,1-5H3,(H,17,19). The molecule has 102 valence electrons. The Bertz CT molecular complexity index is 603. The molecule has 3 heteroatoms. The lowest BCUT2D eigenvalue weighted by molar-refractivity contribution is 0.0944. The van der Waals surface area contributed by atoms with Gasteiger partial charge in [0.25, 0.3) is 5.91 Å². The minimum atomic E-state index is -0.0457. The van der Waals surface area contributed by atoms with E-state index < -0.39 is 0 Å². The van der Waals surface area contributed by atoms with Crippen molar-refractivity contribution in [2.75, 3.05) is 0 Å². The summed E-state index contributed by atoms with van der Waals surface area (Å²) in [6, 6.07) is 8.19. The van der Waals surface area contributed by atoms with Crippen LogP contribution < -0.4 is 5.32 Å². The molecule has 2 aromatic rings. The lowest BCUT2D eigenvalue weighted by Crippen LogP contribution is -2.30. The van der Waals surface area contributed by atoms with Gasteiger partial charge in [0.05, 0.1) is 5.56 Å². The molecule has 0 fully saturated rings. The van der Waals surface area contributed by atoms with Gasteiger partial charge in [0, 0.05) is 28.7 Å². The van der Waals surface area contributed by atoms with Gasteiger partial charge in [0.1, 0.15) is 0 Å². The van der Waals surface area contributed by atoms with Crippen LogP contribution in [0.25, 0.3) is 10.9 Å². The van der Waals surface area contributed by atoms with Gasteiger partial charge in [-0.05, 0) is 40.7 Å². The van der Waals surface area contributed by atoms with Crippen LogP contribution in [0.1, 0.15) is 45.0 Å². The van der Waals surface area contributed by atoms with Gasteiger partial charge in [-0.3, -0.25) is 4.79 Å². The van der Waals surface area contributed by atoms with Gasteiger partial charge in [0.15, 0.2) is 0 Å². The van der Waals surface area contributed by atoms with E-state index in [1.165, 1.54) is 0 Å². The first kappa shape index (κ1) is 13.7. The number of benzene rings is 1. The van der Waals surface area contributed by atoms with Crippen LogP contribution in [0.5, 0.6) is 0 Å². The zero-order valence-electron chi connectivity index (χ0n) is 12.3. The summed E-state index contributed by atoms with van der Waals surface area (Å²) in [6.07, 6.45) is 1.96. The van der Waals surface area contributed by atoms with E-state index in [1.807, 2.05) is 38.2 Å². The van der Waals surface area contributed by atoms with E-state index >= 15 is 0 Å². The van der Waals surface area contributed by atoms with Crippen molar-refractivity contribution in [3.63, 3.8) is 0 Å². The van der Waals surface area contributed by atoms with Crippen LogP contribution in [0.2, 0.25) is 0 Å². The molecule has 0 radical (unpaired) electrons. The number of nitrogens with one attached hydrogen (secondary N) is 1. The molecule has 0 bridgehead atoms. The normalized spacial score (nSPS) is 12.1. The van der Waals surface area contributed by atoms with Crippen LogP contribution in [0, 0.1) is 0 Å². The third kappa shape index (κ3) is 2.65. The first-order valence-corrected chi connectivity index (χ1v) is 6.72. The Morgan fingerprint density at radius 2 is 1.84 bits per heavy atom. The lowest BCUT2D eigenvalue weighted by atomic mass is 10.1. The number of aromatic nitrogens is 1. The summed E-state index contributed by atoms with van der Waals surface area (Å²) in [4.78, 5) is 12.3. The minimum Gasteiger partial charge on any atom is -0.350 e. The van der Waals surface area contributed by atoms with E-state index in [9.17, 15) is 4.79 Å². The average Bonchev–Trinajstić information content (AvgIpc) is 2.67. The summed E-state index contributed by atoms with van der Waals surface area (Å²) in [6.45, 7) is 10.4. The van der Waals surface area contributed by atoms with E-state index in [4.69, 9.17) is 0 Å². The van der Waals surface area contributed by atoms with Gasteiger partial charge in [0.2, 0.25) is 0 Å². The Morgan fingerprint density at radius 3 is 2.42 bits per heavy atom. The van der Waals surface area contributed by atoms with E-state index in [0.29, 0.717) is 0 Å². The molecule has 2 rings (SSSR count). The summed E-state index contributed by atoms with van der Waals surface area (Å²) < 4.78 is 2.16. The predicted molar refractivity (Wildman–Crippen MR) is 79.5 cm³/mol. The van der Waals surface area contributed by atoms with Crippen LogP contribution in [-0.4, -0.2) is 16.5 Å². The maximum atomic E-state index is 12.3. The fraction of sp³-hybridized carbons (Fsp3) is 0.438.